The first kappa shape index (κ1) is 24.4. The molecule has 3 N–H and O–H groups in total. The van der Waals surface area contributed by atoms with Gasteiger partial charge in [0.05, 0.1) is 25.2 Å². The average molecular weight is 454 g/mol. The van der Waals surface area contributed by atoms with Gasteiger partial charge in [0.1, 0.15) is 18.5 Å². The molecule has 2 aromatic rings. The third-order valence-electron chi connectivity index (χ3n) is 4.05. The maximum atomic E-state index is 12.1. The summed E-state index contributed by atoms with van der Waals surface area (Å²) >= 11 is 1.16. The number of nitrogens with one attached hydrogen (secondary N) is 2. The predicted octanol–water partition coefficient (Wildman–Crippen LogP) is 1.62. The molecule has 2 atom stereocenters. The van der Waals surface area contributed by atoms with Gasteiger partial charge in [-0.3, -0.25) is 9.59 Å². The first-order chi connectivity index (χ1) is 14.8. The number of para-hydroxylation sites is 1. The Morgan fingerprint density at radius 1 is 1.26 bits per heavy atom. The Morgan fingerprint density at radius 3 is 2.52 bits per heavy atom. The minimum atomic E-state index is -0.945. The van der Waals surface area contributed by atoms with Crippen molar-refractivity contribution < 1.29 is 33.4 Å². The van der Waals surface area contributed by atoms with Gasteiger partial charge in [-0.25, -0.2) is 0 Å². The number of aryl methyl sites for hydroxylation is 1. The number of amides is 2. The van der Waals surface area contributed by atoms with Crippen LogP contribution in [0.2, 0.25) is 0 Å². The number of aliphatic hydroxyl groups excluding tert-OH is 1. The lowest BCUT2D eigenvalue weighted by Crippen LogP contribution is -2.36. The van der Waals surface area contributed by atoms with E-state index in [2.05, 4.69) is 15.8 Å². The van der Waals surface area contributed by atoms with Crippen molar-refractivity contribution in [1.82, 2.24) is 10.5 Å². The van der Waals surface area contributed by atoms with Gasteiger partial charge >= 0.3 is 0 Å². The Kier molecular flexibility index (Phi) is 9.47. The number of benzene rings is 1. The van der Waals surface area contributed by atoms with E-state index in [1.54, 1.807) is 38.1 Å². The second kappa shape index (κ2) is 12.1. The number of methoxy groups -OCH3 is 2. The highest BCUT2D eigenvalue weighted by Crippen LogP contribution is 2.36. The number of carbonyl (C=O) groups excluding carboxylic acids is 2. The van der Waals surface area contributed by atoms with Crippen LogP contribution in [0.5, 0.6) is 17.2 Å². The molecule has 170 valence electrons. The molecule has 0 bridgehead atoms. The molecule has 1 heterocycles. The summed E-state index contributed by atoms with van der Waals surface area (Å²) in [5, 5.41) is 18.6. The summed E-state index contributed by atoms with van der Waals surface area (Å²) in [6.07, 6.45) is -0.945. The van der Waals surface area contributed by atoms with Crippen LogP contribution in [0.3, 0.4) is 0 Å². The first-order valence-electron chi connectivity index (χ1n) is 9.48. The molecule has 0 aliphatic carbocycles. The van der Waals surface area contributed by atoms with E-state index in [4.69, 9.17) is 18.7 Å². The van der Waals surface area contributed by atoms with Crippen LogP contribution in [0.1, 0.15) is 12.7 Å². The van der Waals surface area contributed by atoms with Gasteiger partial charge < -0.3 is 34.5 Å². The molecule has 0 aliphatic heterocycles. The minimum absolute atomic E-state index is 0.00431. The van der Waals surface area contributed by atoms with Crippen molar-refractivity contribution in [2.75, 3.05) is 38.4 Å². The standard InChI is InChI=1S/C20H27N3O7S/c1-12-8-17(23-30-12)22-20(26)13(2)31-11-18(25)21-9-14(24)10-29-19-15(27-3)6-5-7-16(19)28-4/h5-8,13-14,24H,9-11H2,1-4H3,(H,21,25)(H,22,23,26). The van der Waals surface area contributed by atoms with Crippen molar-refractivity contribution in [1.29, 1.82) is 0 Å². The quantitative estimate of drug-likeness (QED) is 0.438. The van der Waals surface area contributed by atoms with Gasteiger partial charge in [-0.15, -0.1) is 11.8 Å². The lowest BCUT2D eigenvalue weighted by molar-refractivity contribution is -0.119. The van der Waals surface area contributed by atoms with E-state index in [1.807, 2.05) is 0 Å². The predicted molar refractivity (Wildman–Crippen MR) is 116 cm³/mol. The number of aliphatic hydroxyl groups is 1. The summed E-state index contributed by atoms with van der Waals surface area (Å²) in [7, 11) is 3.01. The minimum Gasteiger partial charge on any atom is -0.493 e. The van der Waals surface area contributed by atoms with E-state index < -0.39 is 11.4 Å². The van der Waals surface area contributed by atoms with Gasteiger partial charge in [-0.05, 0) is 26.0 Å². The fourth-order valence-electron chi connectivity index (χ4n) is 2.41. The summed E-state index contributed by atoms with van der Waals surface area (Å²) in [4.78, 5) is 24.1. The van der Waals surface area contributed by atoms with E-state index in [0.717, 1.165) is 11.8 Å². The molecule has 10 nitrogen and oxygen atoms in total. The number of nitrogens with zero attached hydrogens (tertiary/aromatic N) is 1. The Balaban J connectivity index is 1.70. The largest absolute Gasteiger partial charge is 0.493 e. The van der Waals surface area contributed by atoms with Crippen LogP contribution < -0.4 is 24.8 Å². The molecular weight excluding hydrogens is 426 g/mol. The maximum absolute atomic E-state index is 12.1. The van der Waals surface area contributed by atoms with Crippen LogP contribution in [0.4, 0.5) is 5.82 Å². The highest BCUT2D eigenvalue weighted by atomic mass is 32.2. The highest BCUT2D eigenvalue weighted by molar-refractivity contribution is 8.01. The molecule has 2 unspecified atom stereocenters. The molecule has 0 radical (unpaired) electrons. The van der Waals surface area contributed by atoms with E-state index in [0.29, 0.717) is 28.8 Å². The second-order valence-electron chi connectivity index (χ2n) is 6.53. The molecule has 31 heavy (non-hydrogen) atoms. The number of rotatable bonds is 12. The fourth-order valence-corrected chi connectivity index (χ4v) is 3.12. The summed E-state index contributed by atoms with van der Waals surface area (Å²) < 4.78 is 21.0. The fraction of sp³-hybridized carbons (Fsp3) is 0.450. The lowest BCUT2D eigenvalue weighted by atomic mass is 10.3. The Morgan fingerprint density at radius 2 is 1.94 bits per heavy atom. The number of carbonyl (C=O) groups is 2. The van der Waals surface area contributed by atoms with Crippen molar-refractivity contribution in [2.24, 2.45) is 0 Å². The molecule has 2 amide bonds. The molecule has 0 spiro atoms. The smallest absolute Gasteiger partial charge is 0.238 e. The van der Waals surface area contributed by atoms with Crippen molar-refractivity contribution in [3.63, 3.8) is 0 Å². The van der Waals surface area contributed by atoms with Crippen LogP contribution in [0.15, 0.2) is 28.8 Å². The van der Waals surface area contributed by atoms with Gasteiger partial charge in [0.2, 0.25) is 17.6 Å². The molecule has 0 fully saturated rings. The molecule has 0 saturated carbocycles. The first-order valence-corrected chi connectivity index (χ1v) is 10.5. The monoisotopic (exact) mass is 453 g/mol. The Hall–Kier alpha value is -2.92. The van der Waals surface area contributed by atoms with E-state index >= 15 is 0 Å². The molecule has 11 heteroatoms. The van der Waals surface area contributed by atoms with E-state index in [-0.39, 0.29) is 30.7 Å². The lowest BCUT2D eigenvalue weighted by Gasteiger charge is -2.17. The van der Waals surface area contributed by atoms with Crippen molar-refractivity contribution in [2.45, 2.75) is 25.2 Å². The molecule has 1 aromatic heterocycles. The summed E-state index contributed by atoms with van der Waals surface area (Å²) in [5.41, 5.74) is 0. The van der Waals surface area contributed by atoms with Crippen molar-refractivity contribution in [3.05, 3.63) is 30.0 Å². The molecule has 0 saturated heterocycles. The number of aromatic nitrogens is 1. The third kappa shape index (κ3) is 7.68. The number of hydrogen-bond acceptors (Lipinski definition) is 9. The van der Waals surface area contributed by atoms with Gasteiger partial charge in [0.15, 0.2) is 17.3 Å². The normalized spacial score (nSPS) is 12.5. The number of hydrogen-bond donors (Lipinski definition) is 3. The number of ether oxygens (including phenoxy) is 3. The topological polar surface area (TPSA) is 132 Å². The van der Waals surface area contributed by atoms with E-state index in [9.17, 15) is 14.7 Å². The Bertz CT molecular complexity index is 852. The van der Waals surface area contributed by atoms with Crippen molar-refractivity contribution in [3.8, 4) is 17.2 Å². The van der Waals surface area contributed by atoms with Crippen molar-refractivity contribution >= 4 is 29.4 Å². The zero-order chi connectivity index (χ0) is 22.8. The van der Waals surface area contributed by atoms with Gasteiger partial charge in [-0.2, -0.15) is 0 Å². The van der Waals surface area contributed by atoms with Gasteiger partial charge in [0, 0.05) is 12.6 Å². The van der Waals surface area contributed by atoms with Crippen LogP contribution in [0, 0.1) is 6.92 Å². The van der Waals surface area contributed by atoms with Crippen LogP contribution in [-0.4, -0.2) is 66.6 Å². The highest BCUT2D eigenvalue weighted by Gasteiger charge is 2.18. The Labute approximate surface area is 184 Å². The second-order valence-corrected chi connectivity index (χ2v) is 7.85. The van der Waals surface area contributed by atoms with Gasteiger partial charge in [0.25, 0.3) is 0 Å². The summed E-state index contributed by atoms with van der Waals surface area (Å²) in [5.74, 6) is 1.69. The van der Waals surface area contributed by atoms with Crippen LogP contribution in [-0.2, 0) is 9.59 Å². The van der Waals surface area contributed by atoms with Gasteiger partial charge in [-0.1, -0.05) is 11.2 Å². The van der Waals surface area contributed by atoms with Crippen LogP contribution in [0.25, 0.3) is 0 Å². The zero-order valence-corrected chi connectivity index (χ0v) is 18.7. The van der Waals surface area contributed by atoms with E-state index in [1.165, 1.54) is 14.2 Å². The SMILES string of the molecule is COc1cccc(OC)c1OCC(O)CNC(=O)CSC(C)C(=O)Nc1cc(C)on1. The number of anilines is 1. The summed E-state index contributed by atoms with van der Waals surface area (Å²) in [6, 6.07) is 6.79. The molecule has 1 aromatic carbocycles. The zero-order valence-electron chi connectivity index (χ0n) is 17.8. The average Bonchev–Trinajstić information content (AvgIpc) is 3.18. The third-order valence-corrected chi connectivity index (χ3v) is 5.19. The molecular formula is C20H27N3O7S. The van der Waals surface area contributed by atoms with Crippen LogP contribution >= 0.6 is 11.8 Å². The molecule has 2 rings (SSSR count). The number of thioether (sulfide) groups is 1. The summed E-state index contributed by atoms with van der Waals surface area (Å²) in [6.45, 7) is 3.33. The maximum Gasteiger partial charge on any atom is 0.238 e. The molecule has 0 aliphatic rings.